The fraction of sp³-hybridized carbons (Fsp3) is 0.417. The number of carbonyl (C=O) groups excluding carboxylic acids is 1. The van der Waals surface area contributed by atoms with Crippen LogP contribution in [-0.4, -0.2) is 34.3 Å². The first-order chi connectivity index (χ1) is 9.58. The fourth-order valence-electron chi connectivity index (χ4n) is 1.46. The van der Waals surface area contributed by atoms with E-state index in [2.05, 4.69) is 4.72 Å². The van der Waals surface area contributed by atoms with Crippen molar-refractivity contribution in [2.75, 3.05) is 13.2 Å². The maximum absolute atomic E-state index is 11.8. The Labute approximate surface area is 120 Å². The zero-order chi connectivity index (χ0) is 15.0. The van der Waals surface area contributed by atoms with Gasteiger partial charge in [0.15, 0.2) is 0 Å². The Kier molecular flexibility index (Phi) is 6.99. The van der Waals surface area contributed by atoms with Gasteiger partial charge in [-0.3, -0.25) is 19.6 Å². The van der Waals surface area contributed by atoms with Crippen molar-refractivity contribution >= 4 is 23.5 Å². The van der Waals surface area contributed by atoms with Gasteiger partial charge in [-0.05, 0) is 43.5 Å². The number of hydrogen-bond donors (Lipinski definition) is 3. The lowest BCUT2D eigenvalue weighted by molar-refractivity contribution is -0.384. The normalized spacial score (nSPS) is 11.9. The molecule has 1 rings (SSSR count). The summed E-state index contributed by atoms with van der Waals surface area (Å²) in [5.41, 5.74) is 5.65. The molecule has 0 heterocycles. The fourth-order valence-corrected chi connectivity index (χ4v) is 2.21. The number of aliphatic hydroxyl groups is 1. The molecule has 0 saturated heterocycles. The maximum Gasteiger partial charge on any atom is 0.269 e. The summed E-state index contributed by atoms with van der Waals surface area (Å²) in [6.45, 7) is 0.485. The summed E-state index contributed by atoms with van der Waals surface area (Å²) in [5.74, 6) is -0.351. The van der Waals surface area contributed by atoms with Gasteiger partial charge in [-0.1, -0.05) is 0 Å². The number of nitro groups is 1. The second kappa shape index (κ2) is 8.51. The Morgan fingerprint density at radius 3 is 2.60 bits per heavy atom. The van der Waals surface area contributed by atoms with Gasteiger partial charge >= 0.3 is 0 Å². The zero-order valence-corrected chi connectivity index (χ0v) is 11.6. The Morgan fingerprint density at radius 1 is 1.45 bits per heavy atom. The van der Waals surface area contributed by atoms with Crippen LogP contribution in [0, 0.1) is 10.1 Å². The minimum Gasteiger partial charge on any atom is -0.395 e. The molecule has 20 heavy (non-hydrogen) atoms. The number of nitrogens with zero attached hydrogens (tertiary/aromatic N) is 1. The van der Waals surface area contributed by atoms with Crippen molar-refractivity contribution in [1.29, 1.82) is 0 Å². The van der Waals surface area contributed by atoms with Crippen LogP contribution < -0.4 is 10.5 Å². The zero-order valence-electron chi connectivity index (χ0n) is 10.8. The van der Waals surface area contributed by atoms with E-state index in [9.17, 15) is 14.9 Å². The van der Waals surface area contributed by atoms with E-state index < -0.39 is 4.92 Å². The number of carbonyl (C=O) groups is 1. The summed E-state index contributed by atoms with van der Waals surface area (Å²) < 4.78 is 2.61. The number of aliphatic hydroxyl groups excluding tert-OH is 1. The number of amides is 1. The summed E-state index contributed by atoms with van der Waals surface area (Å²) in [6, 6.07) is 5.33. The van der Waals surface area contributed by atoms with Gasteiger partial charge in [0.1, 0.15) is 0 Å². The number of hydrogen-bond acceptors (Lipinski definition) is 6. The number of nitrogens with two attached hydrogens (primary N) is 1. The van der Waals surface area contributed by atoms with E-state index in [1.54, 1.807) is 0 Å². The Balaban J connectivity index is 2.51. The second-order valence-electron chi connectivity index (χ2n) is 4.09. The van der Waals surface area contributed by atoms with Crippen molar-refractivity contribution in [3.05, 3.63) is 39.9 Å². The monoisotopic (exact) mass is 299 g/mol. The maximum atomic E-state index is 11.8. The number of rotatable bonds is 8. The number of nitro benzene ring substituents is 1. The third kappa shape index (κ3) is 5.16. The molecule has 1 amide bonds. The molecule has 0 spiro atoms. The first-order valence-electron chi connectivity index (χ1n) is 6.10. The van der Waals surface area contributed by atoms with Crippen molar-refractivity contribution in [1.82, 2.24) is 4.72 Å². The van der Waals surface area contributed by atoms with Gasteiger partial charge in [-0.2, -0.15) is 0 Å². The van der Waals surface area contributed by atoms with Crippen LogP contribution in [0.1, 0.15) is 23.2 Å². The predicted octanol–water partition coefficient (Wildman–Crippen LogP) is 1.07. The number of nitrogens with one attached hydrogen (secondary N) is 1. The highest BCUT2D eigenvalue weighted by molar-refractivity contribution is 7.98. The minimum atomic E-state index is -0.523. The van der Waals surface area contributed by atoms with E-state index in [1.165, 1.54) is 24.3 Å². The highest BCUT2D eigenvalue weighted by atomic mass is 32.2. The van der Waals surface area contributed by atoms with Gasteiger partial charge in [-0.15, -0.1) is 0 Å². The average molecular weight is 299 g/mol. The van der Waals surface area contributed by atoms with Crippen LogP contribution in [-0.2, 0) is 0 Å². The molecule has 110 valence electrons. The molecule has 0 bridgehead atoms. The third-order valence-corrected chi connectivity index (χ3v) is 3.61. The molecule has 0 aliphatic heterocycles. The van der Waals surface area contributed by atoms with Crippen LogP contribution in [0.25, 0.3) is 0 Å². The lowest BCUT2D eigenvalue weighted by atomic mass is 10.2. The van der Waals surface area contributed by atoms with Crippen LogP contribution in [0.3, 0.4) is 0 Å². The van der Waals surface area contributed by atoms with E-state index in [4.69, 9.17) is 10.8 Å². The molecule has 1 aromatic rings. The van der Waals surface area contributed by atoms with Crippen LogP contribution in [0.2, 0.25) is 0 Å². The molecule has 8 heteroatoms. The van der Waals surface area contributed by atoms with Crippen molar-refractivity contribution in [3.8, 4) is 0 Å². The SMILES string of the molecule is NCCCC(CO)SNC(=O)c1ccc([N+](=O)[O-])cc1. The van der Waals surface area contributed by atoms with Crippen molar-refractivity contribution in [2.24, 2.45) is 5.73 Å². The van der Waals surface area contributed by atoms with Crippen LogP contribution in [0.5, 0.6) is 0 Å². The Bertz CT molecular complexity index is 453. The molecule has 0 aliphatic rings. The molecule has 1 aromatic carbocycles. The third-order valence-electron chi connectivity index (χ3n) is 2.59. The summed E-state index contributed by atoms with van der Waals surface area (Å²) in [7, 11) is 0. The van der Waals surface area contributed by atoms with Gasteiger partial charge in [0.05, 0.1) is 11.5 Å². The van der Waals surface area contributed by atoms with Crippen molar-refractivity contribution < 1.29 is 14.8 Å². The van der Waals surface area contributed by atoms with Crippen LogP contribution in [0.4, 0.5) is 5.69 Å². The van der Waals surface area contributed by atoms with Gasteiger partial charge in [0.2, 0.25) is 0 Å². The first-order valence-corrected chi connectivity index (χ1v) is 6.97. The molecule has 4 N–H and O–H groups in total. The first kappa shape index (κ1) is 16.4. The number of benzene rings is 1. The predicted molar refractivity (Wildman–Crippen MR) is 77.3 cm³/mol. The summed E-state index contributed by atoms with van der Waals surface area (Å²) >= 11 is 1.14. The summed E-state index contributed by atoms with van der Waals surface area (Å²) in [6.07, 6.45) is 1.48. The van der Waals surface area contributed by atoms with Gasteiger partial charge in [0.25, 0.3) is 11.6 Å². The van der Waals surface area contributed by atoms with Gasteiger partial charge in [-0.25, -0.2) is 0 Å². The smallest absolute Gasteiger partial charge is 0.269 e. The summed E-state index contributed by atoms with van der Waals surface area (Å²) in [4.78, 5) is 21.8. The molecular weight excluding hydrogens is 282 g/mol. The second-order valence-corrected chi connectivity index (χ2v) is 5.20. The molecule has 0 saturated carbocycles. The molecule has 1 unspecified atom stereocenters. The molecule has 0 aromatic heterocycles. The quantitative estimate of drug-likeness (QED) is 0.375. The number of non-ortho nitro benzene ring substituents is 1. The Hall–Kier alpha value is -1.64. The molecule has 1 atom stereocenters. The van der Waals surface area contributed by atoms with Crippen LogP contribution >= 0.6 is 11.9 Å². The minimum absolute atomic E-state index is 0.0504. The molecule has 0 fully saturated rings. The van der Waals surface area contributed by atoms with Crippen LogP contribution in [0.15, 0.2) is 24.3 Å². The lowest BCUT2D eigenvalue weighted by Crippen LogP contribution is -2.22. The van der Waals surface area contributed by atoms with Gasteiger partial charge in [0, 0.05) is 22.9 Å². The molecular formula is C12H17N3O4S. The molecule has 0 aliphatic carbocycles. The standard InChI is InChI=1S/C12H17N3O4S/c13-7-1-2-11(8-16)20-14-12(17)9-3-5-10(6-4-9)15(18)19/h3-6,11,16H,1-2,7-8,13H2,(H,14,17). The van der Waals surface area contributed by atoms with E-state index in [0.717, 1.165) is 18.4 Å². The molecule has 7 nitrogen and oxygen atoms in total. The topological polar surface area (TPSA) is 118 Å². The molecule has 0 radical (unpaired) electrons. The highest BCUT2D eigenvalue weighted by Gasteiger charge is 2.13. The highest BCUT2D eigenvalue weighted by Crippen LogP contribution is 2.15. The van der Waals surface area contributed by atoms with E-state index in [0.29, 0.717) is 18.5 Å². The van der Waals surface area contributed by atoms with E-state index in [1.807, 2.05) is 0 Å². The lowest BCUT2D eigenvalue weighted by Gasteiger charge is -2.13. The van der Waals surface area contributed by atoms with Gasteiger partial charge < -0.3 is 10.8 Å². The average Bonchev–Trinajstić information content (AvgIpc) is 2.47. The van der Waals surface area contributed by atoms with Crippen molar-refractivity contribution in [2.45, 2.75) is 18.1 Å². The largest absolute Gasteiger partial charge is 0.395 e. The summed E-state index contributed by atoms with van der Waals surface area (Å²) in [5, 5.41) is 19.5. The van der Waals surface area contributed by atoms with E-state index in [-0.39, 0.29) is 23.5 Å². The Morgan fingerprint density at radius 2 is 2.10 bits per heavy atom. The van der Waals surface area contributed by atoms with E-state index >= 15 is 0 Å². The van der Waals surface area contributed by atoms with Crippen molar-refractivity contribution in [3.63, 3.8) is 0 Å².